The van der Waals surface area contributed by atoms with Crippen molar-refractivity contribution in [1.29, 1.82) is 0 Å². The third-order valence-electron chi connectivity index (χ3n) is 2.64. The lowest BCUT2D eigenvalue weighted by Crippen LogP contribution is -2.19. The van der Waals surface area contributed by atoms with Gasteiger partial charge in [-0.2, -0.15) is 22.8 Å². The molecule has 2 aromatic heterocycles. The van der Waals surface area contributed by atoms with Crippen LogP contribution in [0, 0.1) is 5.82 Å². The maximum Gasteiger partial charge on any atom is 0.433 e. The molecular formula is C12H5F4N3OS. The smallest absolute Gasteiger partial charge is 0.267 e. The van der Waals surface area contributed by atoms with Crippen molar-refractivity contribution in [2.75, 3.05) is 0 Å². The average Bonchev–Trinajstić information content (AvgIpc) is 2.82. The Bertz CT molecular complexity index is 884. The van der Waals surface area contributed by atoms with Gasteiger partial charge in [0.2, 0.25) is 4.96 Å². The first-order valence-electron chi connectivity index (χ1n) is 5.59. The van der Waals surface area contributed by atoms with Gasteiger partial charge in [-0.15, -0.1) is 0 Å². The molecule has 3 rings (SSSR count). The van der Waals surface area contributed by atoms with Crippen LogP contribution >= 0.6 is 11.3 Å². The van der Waals surface area contributed by atoms with Gasteiger partial charge in [-0.25, -0.2) is 9.37 Å². The second-order valence-corrected chi connectivity index (χ2v) is 5.01. The van der Waals surface area contributed by atoms with Crippen molar-refractivity contribution in [3.63, 3.8) is 0 Å². The second kappa shape index (κ2) is 4.62. The zero-order valence-corrected chi connectivity index (χ0v) is 10.9. The highest BCUT2D eigenvalue weighted by molar-refractivity contribution is 7.19. The van der Waals surface area contributed by atoms with Crippen molar-refractivity contribution in [1.82, 2.24) is 14.6 Å². The number of alkyl halides is 3. The van der Waals surface area contributed by atoms with Gasteiger partial charge in [0.05, 0.1) is 0 Å². The van der Waals surface area contributed by atoms with Gasteiger partial charge in [0, 0.05) is 11.6 Å². The van der Waals surface area contributed by atoms with E-state index in [2.05, 4.69) is 10.1 Å². The molecule has 0 saturated heterocycles. The quantitative estimate of drug-likeness (QED) is 0.649. The molecule has 3 aromatic rings. The molecule has 21 heavy (non-hydrogen) atoms. The second-order valence-electron chi connectivity index (χ2n) is 4.06. The first-order chi connectivity index (χ1) is 9.86. The summed E-state index contributed by atoms with van der Waals surface area (Å²) >= 11 is 0.710. The predicted molar refractivity (Wildman–Crippen MR) is 67.5 cm³/mol. The van der Waals surface area contributed by atoms with E-state index in [1.807, 2.05) is 0 Å². The van der Waals surface area contributed by atoms with E-state index < -0.39 is 23.2 Å². The number of aromatic nitrogens is 3. The summed E-state index contributed by atoms with van der Waals surface area (Å²) in [6.45, 7) is 0. The molecule has 4 nitrogen and oxygen atoms in total. The molecule has 0 aliphatic heterocycles. The molecule has 0 bridgehead atoms. The van der Waals surface area contributed by atoms with E-state index in [1.165, 1.54) is 18.2 Å². The summed E-state index contributed by atoms with van der Waals surface area (Å²) in [5.41, 5.74) is -2.16. The molecule has 0 fully saturated rings. The summed E-state index contributed by atoms with van der Waals surface area (Å²) in [4.78, 5) is 14.8. The highest BCUT2D eigenvalue weighted by atomic mass is 32.1. The van der Waals surface area contributed by atoms with Crippen LogP contribution in [-0.2, 0) is 6.18 Å². The molecule has 0 spiro atoms. The Balaban J connectivity index is 2.24. The van der Waals surface area contributed by atoms with Crippen molar-refractivity contribution in [3.8, 4) is 10.6 Å². The van der Waals surface area contributed by atoms with Gasteiger partial charge < -0.3 is 0 Å². The highest BCUT2D eigenvalue weighted by Gasteiger charge is 2.34. The Hall–Kier alpha value is -2.29. The SMILES string of the molecule is O=c1cc(C(F)(F)F)nc2sc(-c3ccccc3F)nn12. The van der Waals surface area contributed by atoms with Crippen LogP contribution in [0.5, 0.6) is 0 Å². The summed E-state index contributed by atoms with van der Waals surface area (Å²) < 4.78 is 52.2. The van der Waals surface area contributed by atoms with Gasteiger partial charge in [-0.1, -0.05) is 23.5 Å². The Kier molecular flexibility index (Phi) is 3.01. The third kappa shape index (κ3) is 2.40. The van der Waals surface area contributed by atoms with Crippen LogP contribution in [-0.4, -0.2) is 14.6 Å². The number of rotatable bonds is 1. The molecule has 0 N–H and O–H groups in total. The minimum atomic E-state index is -4.73. The molecule has 0 atom stereocenters. The van der Waals surface area contributed by atoms with Crippen molar-refractivity contribution in [3.05, 3.63) is 52.2 Å². The Morgan fingerprint density at radius 1 is 1.19 bits per heavy atom. The van der Waals surface area contributed by atoms with E-state index in [4.69, 9.17) is 0 Å². The van der Waals surface area contributed by atoms with Gasteiger partial charge in [-0.3, -0.25) is 4.79 Å². The number of nitrogens with zero attached hydrogens (tertiary/aromatic N) is 3. The fourth-order valence-corrected chi connectivity index (χ4v) is 2.63. The number of hydrogen-bond donors (Lipinski definition) is 0. The van der Waals surface area contributed by atoms with Crippen LogP contribution in [0.3, 0.4) is 0 Å². The lowest BCUT2D eigenvalue weighted by atomic mass is 10.2. The number of hydrogen-bond acceptors (Lipinski definition) is 4. The van der Waals surface area contributed by atoms with Crippen LogP contribution in [0.25, 0.3) is 15.5 Å². The normalized spacial score (nSPS) is 12.0. The van der Waals surface area contributed by atoms with Gasteiger partial charge in [-0.05, 0) is 12.1 Å². The molecule has 0 aliphatic carbocycles. The summed E-state index contributed by atoms with van der Waals surface area (Å²) in [5, 5.41) is 3.90. The highest BCUT2D eigenvalue weighted by Crippen LogP contribution is 2.30. The molecule has 0 unspecified atom stereocenters. The van der Waals surface area contributed by atoms with Crippen molar-refractivity contribution in [2.24, 2.45) is 0 Å². The van der Waals surface area contributed by atoms with Crippen molar-refractivity contribution in [2.45, 2.75) is 6.18 Å². The first-order valence-corrected chi connectivity index (χ1v) is 6.41. The zero-order chi connectivity index (χ0) is 15.2. The minimum Gasteiger partial charge on any atom is -0.267 e. The molecule has 9 heteroatoms. The van der Waals surface area contributed by atoms with E-state index >= 15 is 0 Å². The molecule has 0 radical (unpaired) electrons. The van der Waals surface area contributed by atoms with E-state index in [0.29, 0.717) is 17.4 Å². The number of fused-ring (bicyclic) bond motifs is 1. The molecule has 0 amide bonds. The first kappa shape index (κ1) is 13.7. The lowest BCUT2D eigenvalue weighted by molar-refractivity contribution is -0.141. The Labute approximate surface area is 118 Å². The van der Waals surface area contributed by atoms with Crippen LogP contribution in [0.1, 0.15) is 5.69 Å². The maximum absolute atomic E-state index is 13.7. The molecule has 0 aliphatic rings. The monoisotopic (exact) mass is 315 g/mol. The van der Waals surface area contributed by atoms with Crippen LogP contribution in [0.4, 0.5) is 17.6 Å². The molecular weight excluding hydrogens is 310 g/mol. The van der Waals surface area contributed by atoms with Gasteiger partial charge in [0.1, 0.15) is 5.82 Å². The number of halogens is 4. The van der Waals surface area contributed by atoms with Crippen LogP contribution < -0.4 is 5.56 Å². The van der Waals surface area contributed by atoms with Crippen LogP contribution in [0.2, 0.25) is 0 Å². The lowest BCUT2D eigenvalue weighted by Gasteiger charge is -2.03. The molecule has 2 heterocycles. The zero-order valence-electron chi connectivity index (χ0n) is 10.1. The summed E-state index contributed by atoms with van der Waals surface area (Å²) in [6, 6.07) is 6.00. The maximum atomic E-state index is 13.7. The summed E-state index contributed by atoms with van der Waals surface area (Å²) in [6.07, 6.45) is -4.73. The van der Waals surface area contributed by atoms with Crippen molar-refractivity contribution < 1.29 is 17.6 Å². The molecule has 0 saturated carbocycles. The van der Waals surface area contributed by atoms with Gasteiger partial charge in [0.25, 0.3) is 5.56 Å². The number of benzene rings is 1. The largest absolute Gasteiger partial charge is 0.433 e. The fraction of sp³-hybridized carbons (Fsp3) is 0.0833. The predicted octanol–water partition coefficient (Wildman–Crippen LogP) is 2.98. The minimum absolute atomic E-state index is 0.0806. The fourth-order valence-electron chi connectivity index (χ4n) is 1.70. The summed E-state index contributed by atoms with van der Waals surface area (Å²) in [5.74, 6) is -0.583. The van der Waals surface area contributed by atoms with Gasteiger partial charge in [0.15, 0.2) is 10.7 Å². The van der Waals surface area contributed by atoms with Crippen LogP contribution in [0.15, 0.2) is 35.1 Å². The van der Waals surface area contributed by atoms with E-state index in [1.54, 1.807) is 6.07 Å². The summed E-state index contributed by atoms with van der Waals surface area (Å²) in [7, 11) is 0. The van der Waals surface area contributed by atoms with E-state index in [0.717, 1.165) is 4.52 Å². The van der Waals surface area contributed by atoms with Crippen molar-refractivity contribution >= 4 is 16.3 Å². The van der Waals surface area contributed by atoms with Gasteiger partial charge >= 0.3 is 6.18 Å². The third-order valence-corrected chi connectivity index (χ3v) is 3.58. The Morgan fingerprint density at radius 3 is 2.57 bits per heavy atom. The van der Waals surface area contributed by atoms with E-state index in [9.17, 15) is 22.4 Å². The topological polar surface area (TPSA) is 47.3 Å². The Morgan fingerprint density at radius 2 is 1.90 bits per heavy atom. The molecule has 1 aromatic carbocycles. The van der Waals surface area contributed by atoms with E-state index in [-0.39, 0.29) is 15.5 Å². The average molecular weight is 315 g/mol. The molecule has 108 valence electrons. The standard InChI is InChI=1S/C12H5F4N3OS/c13-7-4-2-1-3-6(7)10-18-19-9(20)5-8(12(14,15)16)17-11(19)21-10/h1-5H.